The van der Waals surface area contributed by atoms with Crippen molar-refractivity contribution in [2.75, 3.05) is 38.2 Å². The molecule has 4 rings (SSSR count). The van der Waals surface area contributed by atoms with E-state index in [1.54, 1.807) is 43.9 Å². The van der Waals surface area contributed by atoms with E-state index in [4.69, 9.17) is 9.47 Å². The van der Waals surface area contributed by atoms with Crippen LogP contribution in [0.25, 0.3) is 0 Å². The van der Waals surface area contributed by atoms with E-state index < -0.39 is 33.2 Å². The molecule has 1 amide bonds. The standard InChI is InChI=1S/C24H28F2N2O7S/c1-23(2,3)35-22(29)28-12-10-27(11-13-28)17-14-16(8-9-18(17)32-4)15-36(30,31)20-7-5-6-19-21(20)34-24(25,26)33-19/h5-9,14H,10-13,15H2,1-4H3. The monoisotopic (exact) mass is 526 g/mol. The molecule has 2 aromatic carbocycles. The lowest BCUT2D eigenvalue weighted by molar-refractivity contribution is -0.287. The molecule has 12 heteroatoms. The summed E-state index contributed by atoms with van der Waals surface area (Å²) in [6, 6.07) is 8.70. The Balaban J connectivity index is 1.52. The molecule has 0 saturated carbocycles. The van der Waals surface area contributed by atoms with Crippen LogP contribution in [0.5, 0.6) is 17.2 Å². The lowest BCUT2D eigenvalue weighted by Crippen LogP contribution is -2.50. The van der Waals surface area contributed by atoms with E-state index >= 15 is 0 Å². The number of piperazine rings is 1. The predicted molar refractivity (Wildman–Crippen MR) is 127 cm³/mol. The van der Waals surface area contributed by atoms with Crippen molar-refractivity contribution in [3.63, 3.8) is 0 Å². The summed E-state index contributed by atoms with van der Waals surface area (Å²) in [5.41, 5.74) is 0.505. The number of carbonyl (C=O) groups excluding carboxylic acids is 1. The van der Waals surface area contributed by atoms with Crippen molar-refractivity contribution >= 4 is 21.6 Å². The maximum absolute atomic E-state index is 13.5. The summed E-state index contributed by atoms with van der Waals surface area (Å²) in [6.45, 7) is 7.22. The normalized spacial score (nSPS) is 17.2. The summed E-state index contributed by atoms with van der Waals surface area (Å²) < 4.78 is 73.2. The molecule has 9 nitrogen and oxygen atoms in total. The van der Waals surface area contributed by atoms with Crippen LogP contribution >= 0.6 is 0 Å². The molecule has 0 unspecified atom stereocenters. The fourth-order valence-electron chi connectivity index (χ4n) is 4.02. The summed E-state index contributed by atoms with van der Waals surface area (Å²) in [5, 5.41) is 0. The number of nitrogens with zero attached hydrogens (tertiary/aromatic N) is 2. The van der Waals surface area contributed by atoms with Crippen LogP contribution in [-0.4, -0.2) is 64.6 Å². The Bertz CT molecular complexity index is 1250. The average molecular weight is 527 g/mol. The van der Waals surface area contributed by atoms with Crippen molar-refractivity contribution in [1.82, 2.24) is 4.90 Å². The van der Waals surface area contributed by atoms with Crippen molar-refractivity contribution in [2.45, 2.75) is 43.3 Å². The Morgan fingerprint density at radius 2 is 1.78 bits per heavy atom. The number of methoxy groups -OCH3 is 1. The molecule has 1 fully saturated rings. The van der Waals surface area contributed by atoms with Crippen molar-refractivity contribution in [1.29, 1.82) is 0 Å². The van der Waals surface area contributed by atoms with E-state index in [1.165, 1.54) is 25.3 Å². The van der Waals surface area contributed by atoms with Gasteiger partial charge in [0.05, 0.1) is 18.6 Å². The molecular weight excluding hydrogens is 498 g/mol. The van der Waals surface area contributed by atoms with E-state index in [9.17, 15) is 22.0 Å². The summed E-state index contributed by atoms with van der Waals surface area (Å²) in [6.07, 6.45) is -4.32. The van der Waals surface area contributed by atoms with Gasteiger partial charge in [0.2, 0.25) is 0 Å². The second-order valence-corrected chi connectivity index (χ2v) is 11.4. The van der Waals surface area contributed by atoms with Crippen molar-refractivity contribution < 1.29 is 40.9 Å². The molecule has 2 aliphatic rings. The number of benzene rings is 2. The maximum atomic E-state index is 13.5. The van der Waals surface area contributed by atoms with Gasteiger partial charge in [0.1, 0.15) is 16.2 Å². The number of carbonyl (C=O) groups is 1. The first-order valence-electron chi connectivity index (χ1n) is 11.3. The zero-order valence-corrected chi connectivity index (χ0v) is 21.2. The molecule has 0 radical (unpaired) electrons. The van der Waals surface area contributed by atoms with Crippen LogP contribution in [0.1, 0.15) is 26.3 Å². The van der Waals surface area contributed by atoms with E-state index in [1.807, 2.05) is 4.90 Å². The highest BCUT2D eigenvalue weighted by Gasteiger charge is 2.46. The second kappa shape index (κ2) is 9.30. The molecule has 0 spiro atoms. The van der Waals surface area contributed by atoms with Crippen LogP contribution in [-0.2, 0) is 20.3 Å². The third-order valence-electron chi connectivity index (χ3n) is 5.60. The van der Waals surface area contributed by atoms with Gasteiger partial charge in [-0.05, 0) is 50.6 Å². The molecule has 2 heterocycles. The lowest BCUT2D eigenvalue weighted by Gasteiger charge is -2.37. The number of amides is 1. The quantitative estimate of drug-likeness (QED) is 0.576. The number of para-hydroxylation sites is 1. The molecule has 2 aliphatic heterocycles. The number of hydrogen-bond donors (Lipinski definition) is 0. The molecule has 0 aromatic heterocycles. The highest BCUT2D eigenvalue weighted by atomic mass is 32.2. The van der Waals surface area contributed by atoms with Gasteiger partial charge in [0.25, 0.3) is 0 Å². The van der Waals surface area contributed by atoms with Gasteiger partial charge in [-0.2, -0.15) is 0 Å². The van der Waals surface area contributed by atoms with E-state index in [0.29, 0.717) is 43.2 Å². The fraction of sp³-hybridized carbons (Fsp3) is 0.458. The maximum Gasteiger partial charge on any atom is 0.586 e. The zero-order valence-electron chi connectivity index (χ0n) is 20.4. The van der Waals surface area contributed by atoms with Crippen LogP contribution in [0.4, 0.5) is 19.3 Å². The van der Waals surface area contributed by atoms with Crippen LogP contribution in [0.3, 0.4) is 0 Å². The van der Waals surface area contributed by atoms with Crippen molar-refractivity contribution in [3.8, 4) is 17.2 Å². The zero-order chi connectivity index (χ0) is 26.3. The molecule has 2 aromatic rings. The lowest BCUT2D eigenvalue weighted by atomic mass is 10.1. The number of sulfone groups is 1. The minimum Gasteiger partial charge on any atom is -0.495 e. The minimum atomic E-state index is -4.06. The van der Waals surface area contributed by atoms with Crippen molar-refractivity contribution in [3.05, 3.63) is 42.0 Å². The number of anilines is 1. The highest BCUT2D eigenvalue weighted by molar-refractivity contribution is 7.90. The van der Waals surface area contributed by atoms with Crippen LogP contribution in [0.2, 0.25) is 0 Å². The van der Waals surface area contributed by atoms with Gasteiger partial charge >= 0.3 is 12.4 Å². The Morgan fingerprint density at radius 1 is 1.08 bits per heavy atom. The minimum absolute atomic E-state index is 0.334. The van der Waals surface area contributed by atoms with Gasteiger partial charge < -0.3 is 28.7 Å². The first-order valence-corrected chi connectivity index (χ1v) is 12.9. The van der Waals surface area contributed by atoms with Crippen LogP contribution in [0.15, 0.2) is 41.3 Å². The van der Waals surface area contributed by atoms with Gasteiger partial charge in [0, 0.05) is 26.2 Å². The molecule has 196 valence electrons. The van der Waals surface area contributed by atoms with Gasteiger partial charge in [-0.3, -0.25) is 0 Å². The smallest absolute Gasteiger partial charge is 0.495 e. The molecule has 0 aliphatic carbocycles. The SMILES string of the molecule is COc1ccc(CS(=O)(=O)c2cccc3c2OC(F)(F)O3)cc1N1CCN(C(=O)OC(C)(C)C)CC1. The summed E-state index contributed by atoms with van der Waals surface area (Å²) >= 11 is 0. The molecule has 0 bridgehead atoms. The summed E-state index contributed by atoms with van der Waals surface area (Å²) in [4.78, 5) is 15.6. The summed E-state index contributed by atoms with van der Waals surface area (Å²) in [7, 11) is -2.55. The number of ether oxygens (including phenoxy) is 4. The van der Waals surface area contributed by atoms with Gasteiger partial charge in [-0.15, -0.1) is 8.78 Å². The third kappa shape index (κ3) is 5.58. The number of halogens is 2. The summed E-state index contributed by atoms with van der Waals surface area (Å²) in [5.74, 6) is -0.750. The van der Waals surface area contributed by atoms with E-state index in [-0.39, 0.29) is 16.7 Å². The largest absolute Gasteiger partial charge is 0.586 e. The van der Waals surface area contributed by atoms with Crippen LogP contribution in [0, 0.1) is 0 Å². The molecule has 0 atom stereocenters. The first-order chi connectivity index (χ1) is 16.8. The van der Waals surface area contributed by atoms with Gasteiger partial charge in [0.15, 0.2) is 21.3 Å². The first kappa shape index (κ1) is 25.8. The number of fused-ring (bicyclic) bond motifs is 1. The molecule has 36 heavy (non-hydrogen) atoms. The molecule has 0 N–H and O–H groups in total. The molecular formula is C24H28F2N2O7S. The van der Waals surface area contributed by atoms with E-state index in [0.717, 1.165) is 0 Å². The van der Waals surface area contributed by atoms with Gasteiger partial charge in [-0.1, -0.05) is 12.1 Å². The number of hydrogen-bond acceptors (Lipinski definition) is 8. The van der Waals surface area contributed by atoms with E-state index in [2.05, 4.69) is 9.47 Å². The third-order valence-corrected chi connectivity index (χ3v) is 7.30. The van der Waals surface area contributed by atoms with Crippen molar-refractivity contribution in [2.24, 2.45) is 0 Å². The topological polar surface area (TPSA) is 94.6 Å². The average Bonchev–Trinajstić information content (AvgIpc) is 3.11. The Kier molecular flexibility index (Phi) is 6.67. The highest BCUT2D eigenvalue weighted by Crippen LogP contribution is 2.45. The van der Waals surface area contributed by atoms with Gasteiger partial charge in [-0.25, -0.2) is 13.2 Å². The Morgan fingerprint density at radius 3 is 2.42 bits per heavy atom. The second-order valence-electron chi connectivity index (χ2n) is 9.47. The number of alkyl halides is 2. The Hall–Kier alpha value is -3.28. The van der Waals surface area contributed by atoms with Crippen LogP contribution < -0.4 is 19.1 Å². The Labute approximate surface area is 208 Å². The number of rotatable bonds is 5. The molecule has 1 saturated heterocycles. The predicted octanol–water partition coefficient (Wildman–Crippen LogP) is 4.05. The fourth-order valence-corrected chi connectivity index (χ4v) is 5.50.